The van der Waals surface area contributed by atoms with Gasteiger partial charge < -0.3 is 5.32 Å². The van der Waals surface area contributed by atoms with Gasteiger partial charge in [0.1, 0.15) is 4.90 Å². The maximum atomic E-state index is 12.2. The third-order valence-corrected chi connectivity index (χ3v) is 4.81. The third kappa shape index (κ3) is 2.54. The molecule has 0 saturated carbocycles. The van der Waals surface area contributed by atoms with E-state index in [2.05, 4.69) is 15.1 Å². The zero-order valence-electron chi connectivity index (χ0n) is 11.1. The Kier molecular flexibility index (Phi) is 3.23. The molecule has 1 aromatic carbocycles. The summed E-state index contributed by atoms with van der Waals surface area (Å²) in [4.78, 5) is 0.193. The monoisotopic (exact) mass is 292 g/mol. The van der Waals surface area contributed by atoms with Crippen molar-refractivity contribution in [2.24, 2.45) is 7.05 Å². The van der Waals surface area contributed by atoms with Gasteiger partial charge in [-0.1, -0.05) is 18.2 Å². The Morgan fingerprint density at radius 2 is 2.20 bits per heavy atom. The molecule has 0 fully saturated rings. The molecule has 0 aliphatic carbocycles. The van der Waals surface area contributed by atoms with Crippen molar-refractivity contribution >= 4 is 15.7 Å². The van der Waals surface area contributed by atoms with E-state index in [0.29, 0.717) is 13.0 Å². The number of sulfonamides is 1. The molecule has 2 N–H and O–H groups in total. The van der Waals surface area contributed by atoms with Gasteiger partial charge in [-0.3, -0.25) is 4.68 Å². The lowest BCUT2D eigenvalue weighted by molar-refractivity contribution is 0.548. The number of rotatable bonds is 3. The van der Waals surface area contributed by atoms with Gasteiger partial charge in [0.15, 0.2) is 0 Å². The van der Waals surface area contributed by atoms with Gasteiger partial charge in [-0.25, -0.2) is 13.1 Å². The molecule has 106 valence electrons. The van der Waals surface area contributed by atoms with Crippen LogP contribution in [0.15, 0.2) is 41.6 Å². The quantitative estimate of drug-likeness (QED) is 0.874. The van der Waals surface area contributed by atoms with Gasteiger partial charge in [-0.15, -0.1) is 0 Å². The van der Waals surface area contributed by atoms with E-state index in [4.69, 9.17) is 0 Å². The minimum atomic E-state index is -3.51. The van der Waals surface area contributed by atoms with Crippen LogP contribution < -0.4 is 10.0 Å². The zero-order chi connectivity index (χ0) is 14.2. The van der Waals surface area contributed by atoms with Crippen molar-refractivity contribution in [2.45, 2.75) is 17.4 Å². The zero-order valence-corrected chi connectivity index (χ0v) is 11.9. The summed E-state index contributed by atoms with van der Waals surface area (Å²) in [6.45, 7) is 0.580. The molecule has 0 radical (unpaired) electrons. The van der Waals surface area contributed by atoms with Crippen LogP contribution in [0.5, 0.6) is 0 Å². The van der Waals surface area contributed by atoms with Gasteiger partial charge in [-0.2, -0.15) is 5.10 Å². The van der Waals surface area contributed by atoms with Crippen LogP contribution in [0.1, 0.15) is 5.56 Å². The summed E-state index contributed by atoms with van der Waals surface area (Å²) < 4.78 is 28.7. The molecule has 0 amide bonds. The molecule has 0 saturated heterocycles. The van der Waals surface area contributed by atoms with E-state index in [0.717, 1.165) is 11.3 Å². The Hall–Kier alpha value is -1.86. The number of hydrogen-bond donors (Lipinski definition) is 2. The molecule has 0 bridgehead atoms. The molecule has 1 aliphatic rings. The fraction of sp³-hybridized carbons (Fsp3) is 0.308. The first-order valence-electron chi connectivity index (χ1n) is 6.37. The highest BCUT2D eigenvalue weighted by Crippen LogP contribution is 2.21. The van der Waals surface area contributed by atoms with Crippen molar-refractivity contribution in [3.8, 4) is 0 Å². The Labute approximate surface area is 117 Å². The molecule has 20 heavy (non-hydrogen) atoms. The SMILES string of the molecule is Cn1cc(S(=O)(=O)NC2CNc3ccccc3C2)cn1. The van der Waals surface area contributed by atoms with Gasteiger partial charge in [0.05, 0.1) is 6.20 Å². The number of nitrogens with one attached hydrogen (secondary N) is 2. The molecule has 1 aromatic heterocycles. The van der Waals surface area contributed by atoms with Crippen LogP contribution >= 0.6 is 0 Å². The fourth-order valence-electron chi connectivity index (χ4n) is 2.35. The average molecular weight is 292 g/mol. The molecule has 2 aromatic rings. The number of fused-ring (bicyclic) bond motifs is 1. The first-order valence-corrected chi connectivity index (χ1v) is 7.86. The second-order valence-electron chi connectivity index (χ2n) is 4.91. The van der Waals surface area contributed by atoms with Crippen molar-refractivity contribution < 1.29 is 8.42 Å². The third-order valence-electron chi connectivity index (χ3n) is 3.34. The van der Waals surface area contributed by atoms with Crippen LogP contribution in [-0.4, -0.2) is 30.8 Å². The minimum Gasteiger partial charge on any atom is -0.383 e. The van der Waals surface area contributed by atoms with E-state index in [-0.39, 0.29) is 10.9 Å². The van der Waals surface area contributed by atoms with E-state index in [1.54, 1.807) is 7.05 Å². The van der Waals surface area contributed by atoms with Crippen molar-refractivity contribution in [2.75, 3.05) is 11.9 Å². The van der Waals surface area contributed by atoms with Crippen molar-refractivity contribution in [3.63, 3.8) is 0 Å². The maximum absolute atomic E-state index is 12.2. The molecule has 1 atom stereocenters. The van der Waals surface area contributed by atoms with Gasteiger partial charge in [0.2, 0.25) is 10.0 Å². The molecule has 3 rings (SSSR count). The highest BCUT2D eigenvalue weighted by molar-refractivity contribution is 7.89. The molecule has 1 unspecified atom stereocenters. The van der Waals surface area contributed by atoms with Gasteiger partial charge in [-0.05, 0) is 18.1 Å². The van der Waals surface area contributed by atoms with E-state index in [1.165, 1.54) is 17.1 Å². The Morgan fingerprint density at radius 1 is 1.40 bits per heavy atom. The number of hydrogen-bond acceptors (Lipinski definition) is 4. The van der Waals surface area contributed by atoms with Crippen LogP contribution in [0.2, 0.25) is 0 Å². The summed E-state index contributed by atoms with van der Waals surface area (Å²) in [6.07, 6.45) is 3.53. The fourth-order valence-corrected chi connectivity index (χ4v) is 3.57. The molecular weight excluding hydrogens is 276 g/mol. The van der Waals surface area contributed by atoms with E-state index in [1.807, 2.05) is 24.3 Å². The lowest BCUT2D eigenvalue weighted by atomic mass is 10.0. The lowest BCUT2D eigenvalue weighted by Gasteiger charge is -2.26. The van der Waals surface area contributed by atoms with E-state index >= 15 is 0 Å². The number of benzene rings is 1. The molecule has 7 heteroatoms. The summed E-state index contributed by atoms with van der Waals surface area (Å²) in [5.74, 6) is 0. The Bertz CT molecular complexity index is 723. The summed E-state index contributed by atoms with van der Waals surface area (Å²) in [5.41, 5.74) is 2.20. The molecule has 0 spiro atoms. The normalized spacial score (nSPS) is 18.4. The summed E-state index contributed by atoms with van der Waals surface area (Å²) >= 11 is 0. The summed E-state index contributed by atoms with van der Waals surface area (Å²) in [5, 5.41) is 7.14. The van der Waals surface area contributed by atoms with Crippen LogP contribution in [-0.2, 0) is 23.5 Å². The maximum Gasteiger partial charge on any atom is 0.244 e. The van der Waals surface area contributed by atoms with E-state index < -0.39 is 10.0 Å². The number of para-hydroxylation sites is 1. The summed E-state index contributed by atoms with van der Waals surface area (Å²) in [7, 11) is -1.82. The molecule has 1 aliphatic heterocycles. The van der Waals surface area contributed by atoms with Crippen LogP contribution in [0.4, 0.5) is 5.69 Å². The standard InChI is InChI=1S/C13H16N4O2S/c1-17-9-12(8-15-17)20(18,19)16-11-6-10-4-2-3-5-13(10)14-7-11/h2-5,8-9,11,14,16H,6-7H2,1H3. The van der Waals surface area contributed by atoms with Crippen molar-refractivity contribution in [1.82, 2.24) is 14.5 Å². The summed E-state index contributed by atoms with van der Waals surface area (Å²) in [6, 6.07) is 7.77. The molecular formula is C13H16N4O2S. The Balaban J connectivity index is 1.77. The number of nitrogens with zero attached hydrogens (tertiary/aromatic N) is 2. The number of aryl methyl sites for hydroxylation is 1. The van der Waals surface area contributed by atoms with Crippen LogP contribution in [0, 0.1) is 0 Å². The van der Waals surface area contributed by atoms with Crippen LogP contribution in [0.3, 0.4) is 0 Å². The van der Waals surface area contributed by atoms with Crippen LogP contribution in [0.25, 0.3) is 0 Å². The topological polar surface area (TPSA) is 76.0 Å². The van der Waals surface area contributed by atoms with Crippen molar-refractivity contribution in [1.29, 1.82) is 0 Å². The van der Waals surface area contributed by atoms with Gasteiger partial charge >= 0.3 is 0 Å². The molecule has 2 heterocycles. The highest BCUT2D eigenvalue weighted by Gasteiger charge is 2.24. The average Bonchev–Trinajstić information content (AvgIpc) is 2.86. The second-order valence-corrected chi connectivity index (χ2v) is 6.62. The number of anilines is 1. The smallest absolute Gasteiger partial charge is 0.244 e. The van der Waals surface area contributed by atoms with E-state index in [9.17, 15) is 8.42 Å². The predicted molar refractivity (Wildman–Crippen MR) is 76.0 cm³/mol. The van der Waals surface area contributed by atoms with Crippen molar-refractivity contribution in [3.05, 3.63) is 42.2 Å². The Morgan fingerprint density at radius 3 is 2.95 bits per heavy atom. The largest absolute Gasteiger partial charge is 0.383 e. The van der Waals surface area contributed by atoms with Gasteiger partial charge in [0.25, 0.3) is 0 Å². The molecule has 6 nitrogen and oxygen atoms in total. The number of aromatic nitrogens is 2. The predicted octanol–water partition coefficient (Wildman–Crippen LogP) is 0.735. The first-order chi connectivity index (χ1) is 9.54. The minimum absolute atomic E-state index is 0.157. The first kappa shape index (κ1) is 13.1. The lowest BCUT2D eigenvalue weighted by Crippen LogP contribution is -2.43. The second kappa shape index (κ2) is 4.92. The highest BCUT2D eigenvalue weighted by atomic mass is 32.2. The van der Waals surface area contributed by atoms with Gasteiger partial charge in [0, 0.05) is 31.5 Å².